The molecule has 0 bridgehead atoms. The first-order valence-electron chi connectivity index (χ1n) is 8.08. The van der Waals surface area contributed by atoms with Crippen LogP contribution in [0.5, 0.6) is 0 Å². The number of alkyl halides is 3. The first kappa shape index (κ1) is 25.3. The summed E-state index contributed by atoms with van der Waals surface area (Å²) in [6.45, 7) is 5.88. The van der Waals surface area contributed by atoms with E-state index in [0.717, 1.165) is 42.8 Å². The van der Waals surface area contributed by atoms with Crippen LogP contribution in [0.4, 0.5) is 13.2 Å². The monoisotopic (exact) mass is 509 g/mol. The number of nitrogens with zero attached hydrogens (tertiary/aromatic N) is 3. The van der Waals surface area contributed by atoms with E-state index in [9.17, 15) is 13.2 Å². The van der Waals surface area contributed by atoms with Gasteiger partial charge in [-0.05, 0) is 20.4 Å². The molecule has 152 valence electrons. The molecular formula is C15H27F3IN5OS. The first-order chi connectivity index (χ1) is 11.9. The van der Waals surface area contributed by atoms with Gasteiger partial charge in [0.1, 0.15) is 5.01 Å². The molecule has 0 atom stereocenters. The number of ether oxygens (including phenoxy) is 1. The number of guanidine groups is 1. The van der Waals surface area contributed by atoms with Crippen LogP contribution in [0.1, 0.15) is 24.0 Å². The third-order valence-corrected chi connectivity index (χ3v) is 4.07. The number of thiazole rings is 1. The summed E-state index contributed by atoms with van der Waals surface area (Å²) in [5.41, 5.74) is -0.863. The lowest BCUT2D eigenvalue weighted by Gasteiger charge is -2.18. The molecule has 0 saturated carbocycles. The van der Waals surface area contributed by atoms with Crippen LogP contribution in [-0.2, 0) is 17.5 Å². The molecule has 1 heterocycles. The number of nitrogens with one attached hydrogen (secondary N) is 2. The van der Waals surface area contributed by atoms with Crippen molar-refractivity contribution in [2.45, 2.75) is 26.1 Å². The molecule has 1 rings (SSSR count). The summed E-state index contributed by atoms with van der Waals surface area (Å²) in [5, 5.41) is 7.59. The third-order valence-electron chi connectivity index (χ3n) is 3.23. The minimum atomic E-state index is -4.41. The van der Waals surface area contributed by atoms with Crippen LogP contribution in [0.3, 0.4) is 0 Å². The van der Waals surface area contributed by atoms with Gasteiger partial charge in [-0.15, -0.1) is 35.3 Å². The Bertz CT molecular complexity index is 528. The van der Waals surface area contributed by atoms with Gasteiger partial charge in [0.15, 0.2) is 11.7 Å². The number of halogens is 4. The number of hydrogen-bond acceptors (Lipinski definition) is 5. The normalized spacial score (nSPS) is 12.2. The Balaban J connectivity index is 0.00000625. The van der Waals surface area contributed by atoms with E-state index in [1.807, 2.05) is 14.0 Å². The maximum Gasteiger partial charge on any atom is 0.434 e. The highest BCUT2D eigenvalue weighted by Crippen LogP contribution is 2.30. The van der Waals surface area contributed by atoms with Crippen molar-refractivity contribution in [3.05, 3.63) is 16.1 Å². The van der Waals surface area contributed by atoms with E-state index >= 15 is 0 Å². The molecule has 1 aromatic rings. The first-order valence-corrected chi connectivity index (χ1v) is 8.96. The second-order valence-electron chi connectivity index (χ2n) is 5.40. The van der Waals surface area contributed by atoms with Crippen LogP contribution in [0.25, 0.3) is 0 Å². The van der Waals surface area contributed by atoms with Crippen molar-refractivity contribution in [3.63, 3.8) is 0 Å². The van der Waals surface area contributed by atoms with Crippen molar-refractivity contribution in [2.75, 3.05) is 46.9 Å². The summed E-state index contributed by atoms with van der Waals surface area (Å²) in [6.07, 6.45) is -3.44. The summed E-state index contributed by atoms with van der Waals surface area (Å²) in [7, 11) is 3.70. The number of aromatic nitrogens is 1. The van der Waals surface area contributed by atoms with Gasteiger partial charge in [-0.2, -0.15) is 13.2 Å². The number of aliphatic imine (C=N–C) groups is 1. The van der Waals surface area contributed by atoms with Gasteiger partial charge in [-0.25, -0.2) is 9.98 Å². The molecule has 0 unspecified atom stereocenters. The van der Waals surface area contributed by atoms with Gasteiger partial charge in [0, 0.05) is 45.3 Å². The van der Waals surface area contributed by atoms with Crippen LogP contribution >= 0.6 is 35.3 Å². The van der Waals surface area contributed by atoms with Crippen LogP contribution in [0.15, 0.2) is 10.4 Å². The van der Waals surface area contributed by atoms with Gasteiger partial charge in [0.2, 0.25) is 0 Å². The van der Waals surface area contributed by atoms with Crippen molar-refractivity contribution in [2.24, 2.45) is 4.99 Å². The maximum absolute atomic E-state index is 12.5. The molecule has 6 nitrogen and oxygen atoms in total. The zero-order chi connectivity index (χ0) is 18.7. The zero-order valence-corrected chi connectivity index (χ0v) is 18.4. The summed E-state index contributed by atoms with van der Waals surface area (Å²) < 4.78 is 42.7. The predicted molar refractivity (Wildman–Crippen MR) is 109 cm³/mol. The van der Waals surface area contributed by atoms with E-state index in [-0.39, 0.29) is 30.5 Å². The molecule has 11 heteroatoms. The summed E-state index contributed by atoms with van der Waals surface area (Å²) in [6, 6.07) is 0. The van der Waals surface area contributed by atoms with Gasteiger partial charge in [-0.1, -0.05) is 0 Å². The Labute approximate surface area is 173 Å². The Hall–Kier alpha value is -0.660. The molecule has 0 amide bonds. The largest absolute Gasteiger partial charge is 0.434 e. The van der Waals surface area contributed by atoms with E-state index in [0.29, 0.717) is 24.1 Å². The molecule has 0 fully saturated rings. The lowest BCUT2D eigenvalue weighted by Crippen LogP contribution is -2.41. The van der Waals surface area contributed by atoms with Crippen LogP contribution in [0.2, 0.25) is 0 Å². The summed E-state index contributed by atoms with van der Waals surface area (Å²) in [4.78, 5) is 10.0. The molecule has 2 N–H and O–H groups in total. The van der Waals surface area contributed by atoms with Crippen molar-refractivity contribution >= 4 is 41.3 Å². The van der Waals surface area contributed by atoms with Crippen molar-refractivity contribution in [1.82, 2.24) is 20.5 Å². The molecule has 0 aliphatic carbocycles. The van der Waals surface area contributed by atoms with Gasteiger partial charge in [0.25, 0.3) is 0 Å². The van der Waals surface area contributed by atoms with Gasteiger partial charge >= 0.3 is 6.18 Å². The SMILES string of the molecule is CCNC(=NCc1nc(C(F)(F)F)cs1)NCCN(C)CCCOC.I. The average molecular weight is 509 g/mol. The molecule has 0 aliphatic heterocycles. The highest BCUT2D eigenvalue weighted by molar-refractivity contribution is 14.0. The number of rotatable bonds is 10. The van der Waals surface area contributed by atoms with E-state index in [1.165, 1.54) is 0 Å². The molecule has 0 aromatic carbocycles. The molecule has 0 radical (unpaired) electrons. The highest BCUT2D eigenvalue weighted by Gasteiger charge is 2.33. The highest BCUT2D eigenvalue weighted by atomic mass is 127. The quantitative estimate of drug-likeness (QED) is 0.220. The Kier molecular flexibility index (Phi) is 13.2. The van der Waals surface area contributed by atoms with Crippen LogP contribution in [0, 0.1) is 0 Å². The lowest BCUT2D eigenvalue weighted by molar-refractivity contribution is -0.140. The van der Waals surface area contributed by atoms with Crippen LogP contribution < -0.4 is 10.6 Å². The van der Waals surface area contributed by atoms with E-state index in [2.05, 4.69) is 25.5 Å². The van der Waals surface area contributed by atoms with Gasteiger partial charge in [-0.3, -0.25) is 0 Å². The second kappa shape index (κ2) is 13.5. The van der Waals surface area contributed by atoms with E-state index in [1.54, 1.807) is 7.11 Å². The minimum Gasteiger partial charge on any atom is -0.385 e. The van der Waals surface area contributed by atoms with Crippen molar-refractivity contribution < 1.29 is 17.9 Å². The van der Waals surface area contributed by atoms with Crippen LogP contribution in [-0.4, -0.2) is 62.8 Å². The minimum absolute atomic E-state index is 0. The Morgan fingerprint density at radius 1 is 1.35 bits per heavy atom. The average Bonchev–Trinajstić information content (AvgIpc) is 3.02. The number of hydrogen-bond donors (Lipinski definition) is 2. The fourth-order valence-electron chi connectivity index (χ4n) is 1.96. The molecule has 0 saturated heterocycles. The Morgan fingerprint density at radius 3 is 2.65 bits per heavy atom. The molecule has 1 aromatic heterocycles. The maximum atomic E-state index is 12.5. The summed E-state index contributed by atoms with van der Waals surface area (Å²) >= 11 is 0.963. The molecule has 26 heavy (non-hydrogen) atoms. The van der Waals surface area contributed by atoms with Crippen molar-refractivity contribution in [1.29, 1.82) is 0 Å². The van der Waals surface area contributed by atoms with Gasteiger partial charge in [0.05, 0.1) is 6.54 Å². The molecule has 0 spiro atoms. The molecule has 0 aliphatic rings. The fraction of sp³-hybridized carbons (Fsp3) is 0.733. The third kappa shape index (κ3) is 10.5. The fourth-order valence-corrected chi connectivity index (χ4v) is 2.68. The smallest absolute Gasteiger partial charge is 0.385 e. The second-order valence-corrected chi connectivity index (χ2v) is 6.34. The van der Waals surface area contributed by atoms with E-state index < -0.39 is 11.9 Å². The summed E-state index contributed by atoms with van der Waals surface area (Å²) in [5.74, 6) is 0.566. The van der Waals surface area contributed by atoms with Gasteiger partial charge < -0.3 is 20.3 Å². The zero-order valence-electron chi connectivity index (χ0n) is 15.2. The standard InChI is InChI=1S/C15H26F3N5OS.HI/c1-4-19-14(20-6-8-23(2)7-5-9-24-3)21-10-13-22-12(11-25-13)15(16,17)18;/h11H,4-10H2,1-3H3,(H2,19,20,21);1H. The predicted octanol–water partition coefficient (Wildman–Crippen LogP) is 2.80. The lowest BCUT2D eigenvalue weighted by atomic mass is 10.4. The van der Waals surface area contributed by atoms with Crippen molar-refractivity contribution in [3.8, 4) is 0 Å². The Morgan fingerprint density at radius 2 is 2.08 bits per heavy atom. The van der Waals surface area contributed by atoms with E-state index in [4.69, 9.17) is 4.74 Å². The number of methoxy groups -OCH3 is 1. The topological polar surface area (TPSA) is 61.8 Å². The molecular weight excluding hydrogens is 482 g/mol. The number of likely N-dealkylation sites (N-methyl/N-ethyl adjacent to an activating group) is 1.